The first-order valence-corrected chi connectivity index (χ1v) is 10.2. The third-order valence-electron chi connectivity index (χ3n) is 3.99. The second-order valence-corrected chi connectivity index (χ2v) is 8.56. The van der Waals surface area contributed by atoms with Gasteiger partial charge in [0.1, 0.15) is 11.3 Å². The quantitative estimate of drug-likeness (QED) is 0.422. The van der Waals surface area contributed by atoms with Gasteiger partial charge in [-0.05, 0) is 62.7 Å². The van der Waals surface area contributed by atoms with Crippen molar-refractivity contribution in [3.63, 3.8) is 0 Å². The molecule has 3 rings (SSSR count). The minimum Gasteiger partial charge on any atom is -0.477 e. The molecule has 0 saturated carbocycles. The van der Waals surface area contributed by atoms with Crippen molar-refractivity contribution in [1.29, 1.82) is 0 Å². The van der Waals surface area contributed by atoms with Gasteiger partial charge in [-0.3, -0.25) is 5.32 Å². The van der Waals surface area contributed by atoms with Gasteiger partial charge in [-0.1, -0.05) is 35.3 Å². The second-order valence-electron chi connectivity index (χ2n) is 7.74. The molecule has 3 aromatic rings. The van der Waals surface area contributed by atoms with Crippen LogP contribution in [0.5, 0.6) is 11.6 Å². The number of ether oxygens (including phenoxy) is 2. The maximum absolute atomic E-state index is 11.9. The van der Waals surface area contributed by atoms with Crippen LogP contribution in [-0.2, 0) is 9.53 Å². The summed E-state index contributed by atoms with van der Waals surface area (Å²) >= 11 is 12.3. The van der Waals surface area contributed by atoms with Gasteiger partial charge in [0.2, 0.25) is 5.88 Å². The summed E-state index contributed by atoms with van der Waals surface area (Å²) in [6.45, 7) is 5.06. The average molecular weight is 475 g/mol. The minimum absolute atomic E-state index is 0.300. The lowest BCUT2D eigenvalue weighted by atomic mass is 10.1. The molecule has 0 spiro atoms. The van der Waals surface area contributed by atoms with Crippen LogP contribution in [0.3, 0.4) is 0 Å². The van der Waals surface area contributed by atoms with E-state index in [1.165, 1.54) is 6.08 Å². The Kier molecular flexibility index (Phi) is 6.91. The van der Waals surface area contributed by atoms with E-state index in [4.69, 9.17) is 32.7 Å². The van der Waals surface area contributed by atoms with Crippen LogP contribution in [0.1, 0.15) is 26.3 Å². The predicted molar refractivity (Wildman–Crippen MR) is 123 cm³/mol. The first-order chi connectivity index (χ1) is 15.0. The van der Waals surface area contributed by atoms with Gasteiger partial charge in [0, 0.05) is 11.5 Å². The van der Waals surface area contributed by atoms with E-state index in [2.05, 4.69) is 10.3 Å². The fourth-order valence-electron chi connectivity index (χ4n) is 2.69. The Hall–Kier alpha value is -3.29. The molecule has 0 fully saturated rings. The van der Waals surface area contributed by atoms with Crippen molar-refractivity contribution in [2.75, 3.05) is 0 Å². The molecular formula is C23H20Cl2N2O5. The highest BCUT2D eigenvalue weighted by atomic mass is 35.5. The Morgan fingerprint density at radius 3 is 2.38 bits per heavy atom. The highest BCUT2D eigenvalue weighted by Crippen LogP contribution is 2.35. The van der Waals surface area contributed by atoms with E-state index < -0.39 is 17.7 Å². The highest BCUT2D eigenvalue weighted by molar-refractivity contribution is 6.37. The van der Waals surface area contributed by atoms with Gasteiger partial charge in [0.05, 0.1) is 15.6 Å². The number of hydrogen-bond acceptors (Lipinski definition) is 5. The van der Waals surface area contributed by atoms with Crippen LogP contribution >= 0.6 is 23.2 Å². The van der Waals surface area contributed by atoms with Crippen LogP contribution in [0.15, 0.2) is 54.2 Å². The van der Waals surface area contributed by atoms with Crippen molar-refractivity contribution in [1.82, 2.24) is 10.3 Å². The Morgan fingerprint density at radius 2 is 1.75 bits per heavy atom. The molecule has 0 radical (unpaired) electrons. The molecule has 1 amide bonds. The van der Waals surface area contributed by atoms with E-state index in [0.717, 1.165) is 5.39 Å². The lowest BCUT2D eigenvalue weighted by Crippen LogP contribution is -2.34. The topological polar surface area (TPSA) is 97.8 Å². The fourth-order valence-corrected chi connectivity index (χ4v) is 3.16. The zero-order valence-corrected chi connectivity index (χ0v) is 19.0. The maximum atomic E-state index is 11.9. The van der Waals surface area contributed by atoms with Crippen LogP contribution in [-0.4, -0.2) is 27.8 Å². The zero-order chi connectivity index (χ0) is 23.5. The predicted octanol–water partition coefficient (Wildman–Crippen LogP) is 6.28. The van der Waals surface area contributed by atoms with Crippen LogP contribution in [0, 0.1) is 0 Å². The highest BCUT2D eigenvalue weighted by Gasteiger charge is 2.19. The van der Waals surface area contributed by atoms with Crippen LogP contribution in [0.25, 0.3) is 17.0 Å². The molecule has 2 aromatic carbocycles. The lowest BCUT2D eigenvalue weighted by Gasteiger charge is -2.19. The summed E-state index contributed by atoms with van der Waals surface area (Å²) in [6.07, 6.45) is 0.480. The van der Waals surface area contributed by atoms with Gasteiger partial charge in [0.25, 0.3) is 0 Å². The number of fused-ring (bicyclic) bond motifs is 1. The number of rotatable bonds is 5. The molecule has 2 N–H and O–H groups in total. The van der Waals surface area contributed by atoms with E-state index >= 15 is 0 Å². The molecule has 1 heterocycles. The molecule has 9 heteroatoms. The number of aliphatic carboxylic acids is 1. The van der Waals surface area contributed by atoms with Crippen molar-refractivity contribution in [2.45, 2.75) is 26.4 Å². The maximum Gasteiger partial charge on any atom is 0.412 e. The van der Waals surface area contributed by atoms with E-state index in [0.29, 0.717) is 32.8 Å². The van der Waals surface area contributed by atoms with E-state index in [1.807, 2.05) is 0 Å². The number of para-hydroxylation sites is 1. The van der Waals surface area contributed by atoms with Gasteiger partial charge in [-0.25, -0.2) is 14.6 Å². The SMILES string of the molecule is CC(C)(C)OC(=O)NC(=Cc1ccc2nc(Oc3c(Cl)cccc3Cl)ccc2c1)C(=O)O. The third kappa shape index (κ3) is 6.12. The standard InChI is InChI=1S/C23H20Cl2N2O5/c1-23(2,3)32-22(30)27-18(21(28)29)12-13-7-9-17-14(11-13)8-10-19(26-17)31-20-15(24)5-4-6-16(20)25/h4-12H,1-3H3,(H,27,30)(H,28,29). The van der Waals surface area contributed by atoms with Gasteiger partial charge < -0.3 is 14.6 Å². The number of benzene rings is 2. The van der Waals surface area contributed by atoms with Crippen LogP contribution in [0.2, 0.25) is 10.0 Å². The van der Waals surface area contributed by atoms with Crippen LogP contribution in [0.4, 0.5) is 4.79 Å². The average Bonchev–Trinajstić information content (AvgIpc) is 2.69. The number of carboxylic acid groups (broad SMARTS) is 1. The molecular weight excluding hydrogens is 455 g/mol. The summed E-state index contributed by atoms with van der Waals surface area (Å²) in [6, 6.07) is 13.5. The third-order valence-corrected chi connectivity index (χ3v) is 4.59. The Morgan fingerprint density at radius 1 is 1.06 bits per heavy atom. The minimum atomic E-state index is -1.30. The normalized spacial score (nSPS) is 11.8. The van der Waals surface area contributed by atoms with Crippen molar-refractivity contribution >= 4 is 52.2 Å². The molecule has 32 heavy (non-hydrogen) atoms. The molecule has 0 aliphatic heterocycles. The molecule has 0 atom stereocenters. The Bertz CT molecular complexity index is 1200. The number of nitrogens with one attached hydrogen (secondary N) is 1. The Balaban J connectivity index is 1.85. The Labute approximate surface area is 194 Å². The van der Waals surface area contributed by atoms with Crippen molar-refractivity contribution in [2.24, 2.45) is 0 Å². The van der Waals surface area contributed by atoms with E-state index in [9.17, 15) is 14.7 Å². The second kappa shape index (κ2) is 9.46. The van der Waals surface area contributed by atoms with Crippen LogP contribution < -0.4 is 10.1 Å². The zero-order valence-electron chi connectivity index (χ0n) is 17.5. The number of aromatic nitrogens is 1. The van der Waals surface area contributed by atoms with E-state index in [-0.39, 0.29) is 5.70 Å². The number of hydrogen-bond donors (Lipinski definition) is 2. The van der Waals surface area contributed by atoms with Gasteiger partial charge in [-0.15, -0.1) is 0 Å². The summed E-state index contributed by atoms with van der Waals surface area (Å²) in [7, 11) is 0. The fraction of sp³-hybridized carbons (Fsp3) is 0.174. The van der Waals surface area contributed by atoms with Crippen molar-refractivity contribution in [3.05, 3.63) is 69.8 Å². The molecule has 7 nitrogen and oxygen atoms in total. The smallest absolute Gasteiger partial charge is 0.412 e. The molecule has 0 aliphatic carbocycles. The number of amides is 1. The molecule has 0 aliphatic rings. The van der Waals surface area contributed by atoms with Gasteiger partial charge in [0.15, 0.2) is 5.75 Å². The number of nitrogens with zero attached hydrogens (tertiary/aromatic N) is 1. The van der Waals surface area contributed by atoms with E-state index in [1.54, 1.807) is 69.3 Å². The summed E-state index contributed by atoms with van der Waals surface area (Å²) in [5.74, 6) is -0.690. The number of carbonyl (C=O) groups is 2. The summed E-state index contributed by atoms with van der Waals surface area (Å²) in [5.41, 5.74) is 0.0892. The first kappa shape index (κ1) is 23.4. The van der Waals surface area contributed by atoms with Crippen molar-refractivity contribution < 1.29 is 24.2 Å². The first-order valence-electron chi connectivity index (χ1n) is 9.49. The van der Waals surface area contributed by atoms with Gasteiger partial charge in [-0.2, -0.15) is 0 Å². The molecule has 0 unspecified atom stereocenters. The van der Waals surface area contributed by atoms with Gasteiger partial charge >= 0.3 is 12.1 Å². The summed E-state index contributed by atoms with van der Waals surface area (Å²) < 4.78 is 10.8. The molecule has 166 valence electrons. The summed E-state index contributed by atoms with van der Waals surface area (Å²) in [5, 5.41) is 13.1. The molecule has 0 bridgehead atoms. The lowest BCUT2D eigenvalue weighted by molar-refractivity contribution is -0.133. The monoisotopic (exact) mass is 474 g/mol. The summed E-state index contributed by atoms with van der Waals surface area (Å²) in [4.78, 5) is 27.9. The largest absolute Gasteiger partial charge is 0.477 e. The number of halogens is 2. The number of pyridine rings is 1. The molecule has 1 aromatic heterocycles. The molecule has 0 saturated heterocycles. The van der Waals surface area contributed by atoms with Crippen molar-refractivity contribution in [3.8, 4) is 11.6 Å². The number of alkyl carbamates (subject to hydrolysis) is 1. The number of carboxylic acids is 1. The number of carbonyl (C=O) groups excluding carboxylic acids is 1.